The number of esters is 1. The number of nitrogens with zero attached hydrogens (tertiary/aromatic N) is 1. The molecule has 1 aliphatic rings. The van der Waals surface area contributed by atoms with Gasteiger partial charge in [-0.25, -0.2) is 13.6 Å². The predicted molar refractivity (Wildman–Crippen MR) is 123 cm³/mol. The number of carbonyl (C=O) groups is 2. The largest absolute Gasteiger partial charge is 0.458 e. The zero-order valence-corrected chi connectivity index (χ0v) is 19.5. The highest BCUT2D eigenvalue weighted by Gasteiger charge is 2.37. The highest BCUT2D eigenvalue weighted by atomic mass is 19.1. The molecule has 4 nitrogen and oxygen atoms in total. The van der Waals surface area contributed by atoms with Crippen molar-refractivity contribution >= 4 is 11.9 Å². The lowest BCUT2D eigenvalue weighted by Crippen LogP contribution is -2.38. The maximum absolute atomic E-state index is 13.7. The lowest BCUT2D eigenvalue weighted by Gasteiger charge is -2.34. The molecular weight excluding hydrogens is 424 g/mol. The molecule has 33 heavy (non-hydrogen) atoms. The normalized spacial score (nSPS) is 16.7. The molecule has 2 aromatic rings. The zero-order chi connectivity index (χ0) is 24.3. The number of hydrogen-bond acceptors (Lipinski definition) is 3. The lowest BCUT2D eigenvalue weighted by molar-refractivity contribution is -0.139. The summed E-state index contributed by atoms with van der Waals surface area (Å²) in [6.07, 6.45) is 1.52. The Balaban J connectivity index is 2.03. The summed E-state index contributed by atoms with van der Waals surface area (Å²) in [5.41, 5.74) is 3.01. The van der Waals surface area contributed by atoms with Gasteiger partial charge in [0, 0.05) is 24.1 Å². The van der Waals surface area contributed by atoms with Crippen LogP contribution < -0.4 is 0 Å². The van der Waals surface area contributed by atoms with Gasteiger partial charge < -0.3 is 9.64 Å². The van der Waals surface area contributed by atoms with Gasteiger partial charge in [-0.1, -0.05) is 57.7 Å². The van der Waals surface area contributed by atoms with Gasteiger partial charge in [0.05, 0.1) is 12.1 Å². The van der Waals surface area contributed by atoms with Crippen molar-refractivity contribution in [3.63, 3.8) is 0 Å². The van der Waals surface area contributed by atoms with E-state index in [2.05, 4.69) is 27.4 Å². The van der Waals surface area contributed by atoms with Crippen LogP contribution in [0.4, 0.5) is 8.78 Å². The molecule has 1 heterocycles. The van der Waals surface area contributed by atoms with Gasteiger partial charge in [0.25, 0.3) is 0 Å². The average Bonchev–Trinajstić information content (AvgIpc) is 2.73. The molecule has 6 heteroatoms. The summed E-state index contributed by atoms with van der Waals surface area (Å²) in [6.45, 7) is 11.6. The molecule has 0 aliphatic carbocycles. The Bertz CT molecular complexity index is 1080. The van der Waals surface area contributed by atoms with E-state index in [1.54, 1.807) is 6.92 Å². The number of hydrogen-bond donors (Lipinski definition) is 0. The van der Waals surface area contributed by atoms with Crippen molar-refractivity contribution in [1.29, 1.82) is 0 Å². The maximum Gasteiger partial charge on any atom is 0.336 e. The monoisotopic (exact) mass is 453 g/mol. The molecule has 3 rings (SSSR count). The molecule has 1 aliphatic heterocycles. The van der Waals surface area contributed by atoms with Crippen LogP contribution in [0.1, 0.15) is 56.7 Å². The quantitative estimate of drug-likeness (QED) is 0.411. The van der Waals surface area contributed by atoms with E-state index >= 15 is 0 Å². The molecule has 0 bridgehead atoms. The smallest absolute Gasteiger partial charge is 0.336 e. The van der Waals surface area contributed by atoms with Crippen LogP contribution in [0.25, 0.3) is 0 Å². The molecule has 0 saturated carbocycles. The molecular formula is C27H29F2NO3. The fourth-order valence-corrected chi connectivity index (χ4v) is 4.07. The van der Waals surface area contributed by atoms with Crippen LogP contribution in [0.2, 0.25) is 0 Å². The second-order valence-corrected chi connectivity index (χ2v) is 9.27. The van der Waals surface area contributed by atoms with E-state index in [4.69, 9.17) is 4.74 Å². The molecule has 0 N–H and O–H groups in total. The number of benzene rings is 2. The van der Waals surface area contributed by atoms with E-state index in [1.165, 1.54) is 23.1 Å². The van der Waals surface area contributed by atoms with Crippen LogP contribution in [-0.2, 0) is 26.3 Å². The van der Waals surface area contributed by atoms with E-state index < -0.39 is 23.5 Å². The van der Waals surface area contributed by atoms with Crippen molar-refractivity contribution in [2.24, 2.45) is 0 Å². The minimum atomic E-state index is -0.724. The number of rotatable bonds is 6. The Morgan fingerprint density at radius 1 is 1.15 bits per heavy atom. The number of carbonyl (C=O) groups excluding carboxylic acids is 2. The van der Waals surface area contributed by atoms with Crippen LogP contribution in [0.15, 0.2) is 66.4 Å². The maximum atomic E-state index is 13.7. The zero-order valence-electron chi connectivity index (χ0n) is 19.5. The third kappa shape index (κ3) is 5.56. The van der Waals surface area contributed by atoms with E-state index in [0.717, 1.165) is 17.2 Å². The standard InChI is InChI=1S/C27H29F2NO3/c1-6-11-33-26(32)25-17(2)30(16-18-12-21(28)14-22(29)13-18)24(31)15-23(25)19-7-9-20(10-8-19)27(3,4)5/h6-10,12-14,23H,1,11,15-16H2,2-5H3. The Labute approximate surface area is 193 Å². The fraction of sp³-hybridized carbons (Fsp3) is 0.333. The predicted octanol–water partition coefficient (Wildman–Crippen LogP) is 5.78. The number of allylic oxidation sites excluding steroid dienone is 1. The van der Waals surface area contributed by atoms with Crippen LogP contribution in [0, 0.1) is 11.6 Å². The van der Waals surface area contributed by atoms with Crippen molar-refractivity contribution < 1.29 is 23.1 Å². The van der Waals surface area contributed by atoms with E-state index in [1.807, 2.05) is 24.3 Å². The first-order valence-electron chi connectivity index (χ1n) is 10.9. The molecule has 174 valence electrons. The second kappa shape index (κ2) is 9.69. The van der Waals surface area contributed by atoms with Gasteiger partial charge in [0.15, 0.2) is 0 Å². The second-order valence-electron chi connectivity index (χ2n) is 9.27. The van der Waals surface area contributed by atoms with Gasteiger partial charge in [-0.2, -0.15) is 0 Å². The van der Waals surface area contributed by atoms with Crippen LogP contribution in [0.5, 0.6) is 0 Å². The summed E-state index contributed by atoms with van der Waals surface area (Å²) in [5.74, 6) is -2.70. The number of amides is 1. The first-order chi connectivity index (χ1) is 15.5. The number of halogens is 2. The van der Waals surface area contributed by atoms with Crippen molar-refractivity contribution in [2.45, 2.75) is 52.0 Å². The van der Waals surface area contributed by atoms with E-state index in [9.17, 15) is 18.4 Å². The molecule has 1 amide bonds. The molecule has 0 fully saturated rings. The molecule has 1 atom stereocenters. The summed E-state index contributed by atoms with van der Waals surface area (Å²) in [6, 6.07) is 11.0. The van der Waals surface area contributed by atoms with Crippen molar-refractivity contribution in [3.8, 4) is 0 Å². The van der Waals surface area contributed by atoms with E-state index in [-0.39, 0.29) is 30.9 Å². The topological polar surface area (TPSA) is 46.6 Å². The summed E-state index contributed by atoms with van der Waals surface area (Å²) in [5, 5.41) is 0. The molecule has 2 aromatic carbocycles. The van der Waals surface area contributed by atoms with Crippen LogP contribution >= 0.6 is 0 Å². The Hall–Kier alpha value is -3.28. The minimum Gasteiger partial charge on any atom is -0.458 e. The first kappa shape index (κ1) is 24.4. The van der Waals surface area contributed by atoms with Crippen molar-refractivity contribution in [3.05, 3.63) is 94.7 Å². The summed E-state index contributed by atoms with van der Waals surface area (Å²) < 4.78 is 32.7. The average molecular weight is 454 g/mol. The Morgan fingerprint density at radius 2 is 1.76 bits per heavy atom. The van der Waals surface area contributed by atoms with Gasteiger partial charge in [0.2, 0.25) is 5.91 Å². The minimum absolute atomic E-state index is 0.0323. The number of ether oxygens (including phenoxy) is 1. The van der Waals surface area contributed by atoms with Crippen LogP contribution in [0.3, 0.4) is 0 Å². The molecule has 0 saturated heterocycles. The first-order valence-corrected chi connectivity index (χ1v) is 10.9. The summed E-state index contributed by atoms with van der Waals surface area (Å²) in [7, 11) is 0. The Kier molecular flexibility index (Phi) is 7.15. The van der Waals surface area contributed by atoms with Crippen molar-refractivity contribution in [2.75, 3.05) is 6.61 Å². The van der Waals surface area contributed by atoms with Crippen LogP contribution in [-0.4, -0.2) is 23.4 Å². The highest BCUT2D eigenvalue weighted by Crippen LogP contribution is 2.38. The molecule has 0 aromatic heterocycles. The third-order valence-electron chi connectivity index (χ3n) is 5.82. The summed E-state index contributed by atoms with van der Waals surface area (Å²) >= 11 is 0. The van der Waals surface area contributed by atoms with Gasteiger partial charge >= 0.3 is 5.97 Å². The third-order valence-corrected chi connectivity index (χ3v) is 5.82. The lowest BCUT2D eigenvalue weighted by atomic mass is 9.81. The van der Waals surface area contributed by atoms with Crippen molar-refractivity contribution in [1.82, 2.24) is 4.90 Å². The molecule has 0 radical (unpaired) electrons. The van der Waals surface area contributed by atoms with Gasteiger partial charge in [-0.15, -0.1) is 0 Å². The van der Waals surface area contributed by atoms with Gasteiger partial charge in [0.1, 0.15) is 18.2 Å². The molecule has 1 unspecified atom stereocenters. The SMILES string of the molecule is C=CCOC(=O)C1=C(C)N(Cc2cc(F)cc(F)c2)C(=O)CC1c1ccc(C(C)(C)C)cc1. The van der Waals surface area contributed by atoms with Gasteiger partial charge in [-0.3, -0.25) is 4.79 Å². The van der Waals surface area contributed by atoms with E-state index in [0.29, 0.717) is 16.8 Å². The Morgan fingerprint density at radius 3 is 2.30 bits per heavy atom. The highest BCUT2D eigenvalue weighted by molar-refractivity contribution is 5.95. The molecule has 0 spiro atoms. The van der Waals surface area contributed by atoms with Gasteiger partial charge in [-0.05, 0) is 41.2 Å². The summed E-state index contributed by atoms with van der Waals surface area (Å²) in [4.78, 5) is 27.5. The fourth-order valence-electron chi connectivity index (χ4n) is 4.07.